The van der Waals surface area contributed by atoms with Gasteiger partial charge in [0, 0.05) is 45.9 Å². The summed E-state index contributed by atoms with van der Waals surface area (Å²) in [6, 6.07) is 13.0. The predicted molar refractivity (Wildman–Crippen MR) is 140 cm³/mol. The number of ether oxygens (including phenoxy) is 2. The van der Waals surface area contributed by atoms with E-state index in [0.717, 1.165) is 58.2 Å². The average Bonchev–Trinajstić information content (AvgIpc) is 3.15. The summed E-state index contributed by atoms with van der Waals surface area (Å²) in [4.78, 5) is 13.7. The molecule has 4 rings (SSSR count). The lowest BCUT2D eigenvalue weighted by atomic mass is 10.0. The molecule has 0 bridgehead atoms. The Bertz CT molecular complexity index is 1250. The number of pyridine rings is 3. The van der Waals surface area contributed by atoms with Gasteiger partial charge in [0.2, 0.25) is 0 Å². The maximum Gasteiger partial charge on any atom is 0.123 e. The van der Waals surface area contributed by atoms with Crippen LogP contribution in [0.5, 0.6) is 0 Å². The summed E-state index contributed by atoms with van der Waals surface area (Å²) >= 11 is 0. The molecule has 4 heterocycles. The van der Waals surface area contributed by atoms with Crippen LogP contribution in [0.25, 0.3) is 33.5 Å². The number of methoxy groups -OCH3 is 1. The predicted octanol–water partition coefficient (Wildman–Crippen LogP) is 5.24. The van der Waals surface area contributed by atoms with Gasteiger partial charge in [-0.05, 0) is 48.4 Å². The molecular weight excluding hydrogens is 442 g/mol. The summed E-state index contributed by atoms with van der Waals surface area (Å²) < 4.78 is 13.9. The highest BCUT2D eigenvalue weighted by Crippen LogP contribution is 2.40. The van der Waals surface area contributed by atoms with E-state index in [2.05, 4.69) is 40.2 Å². The van der Waals surface area contributed by atoms with Crippen LogP contribution < -0.4 is 5.73 Å². The van der Waals surface area contributed by atoms with E-state index in [0.29, 0.717) is 19.2 Å². The maximum absolute atomic E-state index is 6.28. The van der Waals surface area contributed by atoms with Gasteiger partial charge < -0.3 is 19.8 Å². The number of hydrogen-bond acceptors (Lipinski definition) is 6. The van der Waals surface area contributed by atoms with Crippen LogP contribution in [-0.4, -0.2) is 47.9 Å². The highest BCUT2D eigenvalue weighted by atomic mass is 28.3. The van der Waals surface area contributed by atoms with Gasteiger partial charge in [-0.1, -0.05) is 25.7 Å². The van der Waals surface area contributed by atoms with Crippen LogP contribution in [0.3, 0.4) is 0 Å². The molecule has 0 saturated carbocycles. The SMILES string of the molecule is COCCc1ccnc2c(-c3ccccn3)c(-c3ccnc(N)c3)n(COCC[Si](C)(C)C)c12. The van der Waals surface area contributed by atoms with Crippen LogP contribution in [0.15, 0.2) is 55.0 Å². The van der Waals surface area contributed by atoms with Crippen LogP contribution in [0.4, 0.5) is 5.82 Å². The Morgan fingerprint density at radius 3 is 2.50 bits per heavy atom. The van der Waals surface area contributed by atoms with Crippen molar-refractivity contribution in [3.8, 4) is 22.5 Å². The number of nitrogen functional groups attached to an aromatic ring is 1. The van der Waals surface area contributed by atoms with E-state index in [1.165, 1.54) is 0 Å². The van der Waals surface area contributed by atoms with Crippen molar-refractivity contribution in [1.82, 2.24) is 19.5 Å². The fourth-order valence-corrected chi connectivity index (χ4v) is 4.82. The van der Waals surface area contributed by atoms with Gasteiger partial charge in [0.25, 0.3) is 0 Å². The highest BCUT2D eigenvalue weighted by molar-refractivity contribution is 6.76. The molecule has 4 aromatic rings. The number of nitrogens with zero attached hydrogens (tertiary/aromatic N) is 4. The zero-order valence-corrected chi connectivity index (χ0v) is 21.4. The van der Waals surface area contributed by atoms with Crippen molar-refractivity contribution < 1.29 is 9.47 Å². The molecule has 34 heavy (non-hydrogen) atoms. The fraction of sp³-hybridized carbons (Fsp3) is 0.346. The van der Waals surface area contributed by atoms with Gasteiger partial charge in [-0.3, -0.25) is 9.97 Å². The molecule has 0 aromatic carbocycles. The molecule has 0 radical (unpaired) electrons. The van der Waals surface area contributed by atoms with Gasteiger partial charge in [-0.15, -0.1) is 0 Å². The molecule has 4 aromatic heterocycles. The zero-order valence-electron chi connectivity index (χ0n) is 20.4. The van der Waals surface area contributed by atoms with E-state index in [4.69, 9.17) is 20.2 Å². The number of anilines is 1. The molecule has 0 unspecified atom stereocenters. The van der Waals surface area contributed by atoms with Crippen LogP contribution in [0.2, 0.25) is 25.7 Å². The lowest BCUT2D eigenvalue weighted by Crippen LogP contribution is -2.22. The summed E-state index contributed by atoms with van der Waals surface area (Å²) in [5, 5.41) is 0. The van der Waals surface area contributed by atoms with Crippen molar-refractivity contribution in [3.63, 3.8) is 0 Å². The third kappa shape index (κ3) is 5.35. The standard InChI is InChI=1S/C26H33N5O2Si/c1-32-14-10-19-8-13-30-24-23(21-7-5-6-11-28-21)25(20-9-12-29-22(27)17-20)31(26(19)24)18-33-15-16-34(2,3)4/h5-9,11-13,17H,10,14-16,18H2,1-4H3,(H2,27,29). The second-order valence-electron chi connectivity index (χ2n) is 9.59. The Hall–Kier alpha value is -3.07. The van der Waals surface area contributed by atoms with E-state index in [1.54, 1.807) is 13.3 Å². The summed E-state index contributed by atoms with van der Waals surface area (Å²) in [7, 11) is 0.516. The first-order chi connectivity index (χ1) is 16.4. The molecule has 2 N–H and O–H groups in total. The summed E-state index contributed by atoms with van der Waals surface area (Å²) in [6.45, 7) is 8.84. The fourth-order valence-electron chi connectivity index (χ4n) is 4.06. The molecule has 0 spiro atoms. The van der Waals surface area contributed by atoms with Crippen molar-refractivity contribution in [2.24, 2.45) is 0 Å². The minimum Gasteiger partial charge on any atom is -0.384 e. The maximum atomic E-state index is 6.28. The number of rotatable bonds is 10. The zero-order chi connectivity index (χ0) is 24.1. The Kier molecular flexibility index (Phi) is 7.40. The monoisotopic (exact) mass is 475 g/mol. The van der Waals surface area contributed by atoms with E-state index in [9.17, 15) is 0 Å². The Labute approximate surface area is 202 Å². The van der Waals surface area contributed by atoms with E-state index in [-0.39, 0.29) is 0 Å². The topological polar surface area (TPSA) is 88.1 Å². The molecule has 0 atom stereocenters. The van der Waals surface area contributed by atoms with Gasteiger partial charge in [0.05, 0.1) is 34.6 Å². The van der Waals surface area contributed by atoms with Crippen LogP contribution in [-0.2, 0) is 22.6 Å². The second kappa shape index (κ2) is 10.5. The van der Waals surface area contributed by atoms with Gasteiger partial charge >= 0.3 is 0 Å². The third-order valence-corrected chi connectivity index (χ3v) is 7.49. The number of hydrogen-bond donors (Lipinski definition) is 1. The second-order valence-corrected chi connectivity index (χ2v) is 15.2. The molecule has 0 aliphatic heterocycles. The largest absolute Gasteiger partial charge is 0.384 e. The Morgan fingerprint density at radius 2 is 1.79 bits per heavy atom. The van der Waals surface area contributed by atoms with Crippen molar-refractivity contribution in [2.75, 3.05) is 26.1 Å². The van der Waals surface area contributed by atoms with Gasteiger partial charge in [-0.25, -0.2) is 4.98 Å². The molecule has 7 nitrogen and oxygen atoms in total. The first-order valence-electron chi connectivity index (χ1n) is 11.6. The lowest BCUT2D eigenvalue weighted by Gasteiger charge is -2.18. The van der Waals surface area contributed by atoms with E-state index < -0.39 is 8.07 Å². The highest BCUT2D eigenvalue weighted by Gasteiger charge is 2.24. The number of aromatic nitrogens is 4. The molecule has 8 heteroatoms. The summed E-state index contributed by atoms with van der Waals surface area (Å²) in [6.07, 6.45) is 6.18. The Morgan fingerprint density at radius 1 is 0.971 bits per heavy atom. The molecule has 0 amide bonds. The van der Waals surface area contributed by atoms with Gasteiger partial charge in [0.15, 0.2) is 0 Å². The van der Waals surface area contributed by atoms with Crippen LogP contribution >= 0.6 is 0 Å². The number of nitrogens with two attached hydrogens (primary N) is 1. The molecule has 178 valence electrons. The molecule has 0 aliphatic rings. The third-order valence-electron chi connectivity index (χ3n) is 5.79. The van der Waals surface area contributed by atoms with Crippen LogP contribution in [0.1, 0.15) is 5.56 Å². The molecular formula is C26H33N5O2Si. The van der Waals surface area contributed by atoms with E-state index in [1.807, 2.05) is 42.7 Å². The van der Waals surface area contributed by atoms with Gasteiger partial charge in [0.1, 0.15) is 12.5 Å². The quantitative estimate of drug-likeness (QED) is 0.249. The minimum absolute atomic E-state index is 0.414. The Balaban J connectivity index is 1.95. The van der Waals surface area contributed by atoms with Crippen LogP contribution in [0, 0.1) is 0 Å². The van der Waals surface area contributed by atoms with E-state index >= 15 is 0 Å². The molecule has 0 fully saturated rings. The van der Waals surface area contributed by atoms with Crippen molar-refractivity contribution in [1.29, 1.82) is 0 Å². The number of fused-ring (bicyclic) bond motifs is 1. The average molecular weight is 476 g/mol. The first-order valence-corrected chi connectivity index (χ1v) is 15.3. The minimum atomic E-state index is -1.21. The molecule has 0 saturated heterocycles. The van der Waals surface area contributed by atoms with Crippen molar-refractivity contribution in [3.05, 3.63) is 60.6 Å². The molecule has 0 aliphatic carbocycles. The first kappa shape index (κ1) is 24.1. The normalized spacial score (nSPS) is 11.9. The summed E-state index contributed by atoms with van der Waals surface area (Å²) in [5.74, 6) is 0.466. The smallest absolute Gasteiger partial charge is 0.123 e. The van der Waals surface area contributed by atoms with Gasteiger partial charge in [-0.2, -0.15) is 0 Å². The summed E-state index contributed by atoms with van der Waals surface area (Å²) in [5.41, 5.74) is 13.0. The lowest BCUT2D eigenvalue weighted by molar-refractivity contribution is 0.0911. The van der Waals surface area contributed by atoms with Crippen molar-refractivity contribution in [2.45, 2.75) is 38.8 Å². The van der Waals surface area contributed by atoms with Crippen molar-refractivity contribution >= 4 is 24.9 Å².